The number of rotatable bonds is 2. The van der Waals surface area contributed by atoms with E-state index in [1.807, 2.05) is 30.9 Å². The third-order valence-electron chi connectivity index (χ3n) is 5.98. The lowest BCUT2D eigenvalue weighted by Gasteiger charge is -2.31. The molecule has 2 aliphatic heterocycles. The molecule has 2 fully saturated rings. The van der Waals surface area contributed by atoms with Crippen molar-refractivity contribution in [3.05, 3.63) is 56.6 Å². The molecule has 6 heteroatoms. The van der Waals surface area contributed by atoms with Gasteiger partial charge in [-0.05, 0) is 94.2 Å². The second kappa shape index (κ2) is 11.0. The number of piperidine rings is 2. The van der Waals surface area contributed by atoms with Crippen LogP contribution in [0.25, 0.3) is 0 Å². The minimum atomic E-state index is 0.195. The Morgan fingerprint density at radius 1 is 0.719 bits per heavy atom. The number of anilines is 2. The predicted molar refractivity (Wildman–Crippen MR) is 142 cm³/mol. The van der Waals surface area contributed by atoms with E-state index in [1.54, 1.807) is 0 Å². The molecule has 32 heavy (non-hydrogen) atoms. The van der Waals surface area contributed by atoms with E-state index in [9.17, 15) is 4.79 Å². The van der Waals surface area contributed by atoms with Gasteiger partial charge in [-0.3, -0.25) is 4.79 Å². The third-order valence-corrected chi connectivity index (χ3v) is 6.98. The van der Waals surface area contributed by atoms with E-state index < -0.39 is 0 Å². The zero-order chi connectivity index (χ0) is 23.4. The van der Waals surface area contributed by atoms with Gasteiger partial charge < -0.3 is 9.80 Å². The number of thiocarbonyl (C=S) groups is 1. The van der Waals surface area contributed by atoms with Crippen molar-refractivity contribution in [2.24, 2.45) is 0 Å². The van der Waals surface area contributed by atoms with Crippen molar-refractivity contribution in [1.82, 2.24) is 0 Å². The number of hydrogen-bond acceptors (Lipinski definition) is 2. The van der Waals surface area contributed by atoms with Crippen molar-refractivity contribution >= 4 is 57.7 Å². The molecular weight excluding hydrogens is 459 g/mol. The Morgan fingerprint density at radius 2 is 1.19 bits per heavy atom. The first kappa shape index (κ1) is 25.0. The van der Waals surface area contributed by atoms with Crippen LogP contribution in [0.5, 0.6) is 0 Å². The Kier molecular flexibility index (Phi) is 8.60. The molecule has 0 aromatic heterocycles. The number of aryl methyl sites for hydroxylation is 4. The molecule has 0 atom stereocenters. The highest BCUT2D eigenvalue weighted by Crippen LogP contribution is 2.34. The number of hydrogen-bond donors (Lipinski definition) is 0. The minimum Gasteiger partial charge on any atom is -0.335 e. The maximum atomic E-state index is 11.9. The summed E-state index contributed by atoms with van der Waals surface area (Å²) in [7, 11) is 0. The predicted octanol–water partition coefficient (Wildman–Crippen LogP) is 7.75. The van der Waals surface area contributed by atoms with Crippen LogP contribution in [0, 0.1) is 27.7 Å². The van der Waals surface area contributed by atoms with Gasteiger partial charge in [-0.15, -0.1) is 0 Å². The Labute approximate surface area is 207 Å². The molecule has 0 saturated carbocycles. The average molecular weight is 492 g/mol. The normalized spacial score (nSPS) is 16.7. The van der Waals surface area contributed by atoms with Crippen LogP contribution in [0.15, 0.2) is 24.3 Å². The number of carbonyl (C=O) groups is 1. The lowest BCUT2D eigenvalue weighted by molar-refractivity contribution is -0.119. The fraction of sp³-hybridized carbons (Fsp3) is 0.462. The Hall–Kier alpha value is -1.62. The second-order valence-electron chi connectivity index (χ2n) is 8.83. The van der Waals surface area contributed by atoms with Gasteiger partial charge in [0.2, 0.25) is 5.91 Å². The molecule has 0 aliphatic carbocycles. The van der Waals surface area contributed by atoms with Crippen LogP contribution >= 0.6 is 35.4 Å². The molecule has 2 aromatic rings. The number of carbonyl (C=O) groups excluding carboxylic acids is 1. The van der Waals surface area contributed by atoms with Crippen LogP contribution in [0.1, 0.15) is 60.8 Å². The maximum Gasteiger partial charge on any atom is 0.227 e. The number of amides is 1. The van der Waals surface area contributed by atoms with Gasteiger partial charge in [0.1, 0.15) is 0 Å². The molecule has 172 valence electrons. The van der Waals surface area contributed by atoms with E-state index in [4.69, 9.17) is 35.4 Å². The van der Waals surface area contributed by atoms with Gasteiger partial charge in [-0.25, -0.2) is 0 Å². The molecule has 0 bridgehead atoms. The Bertz CT molecular complexity index is 893. The van der Waals surface area contributed by atoms with Crippen molar-refractivity contribution < 1.29 is 4.79 Å². The second-order valence-corrected chi connectivity index (χ2v) is 10.1. The summed E-state index contributed by atoms with van der Waals surface area (Å²) in [6, 6.07) is 8.18. The molecule has 1 amide bonds. The van der Waals surface area contributed by atoms with Crippen molar-refractivity contribution in [3.8, 4) is 0 Å². The van der Waals surface area contributed by atoms with Gasteiger partial charge in [-0.1, -0.05) is 47.6 Å². The van der Waals surface area contributed by atoms with Crippen LogP contribution in [-0.4, -0.2) is 24.0 Å². The maximum absolute atomic E-state index is 11.9. The molecule has 3 nitrogen and oxygen atoms in total. The summed E-state index contributed by atoms with van der Waals surface area (Å²) in [5.41, 5.74) is 6.65. The SMILES string of the molecule is Cc1cc(C)c(N2CCCCC2=O)c(Cl)c1.Cc1cc(C)c(N2CCCCC2=S)c(Cl)c1. The largest absolute Gasteiger partial charge is 0.335 e. The number of nitrogens with zero attached hydrogens (tertiary/aromatic N) is 2. The molecule has 0 N–H and O–H groups in total. The molecular formula is C26H32Cl2N2OS. The van der Waals surface area contributed by atoms with Gasteiger partial charge in [0.05, 0.1) is 26.4 Å². The summed E-state index contributed by atoms with van der Waals surface area (Å²) in [6.45, 7) is 9.99. The van der Waals surface area contributed by atoms with Gasteiger partial charge in [-0.2, -0.15) is 0 Å². The topological polar surface area (TPSA) is 23.6 Å². The van der Waals surface area contributed by atoms with Crippen molar-refractivity contribution in [1.29, 1.82) is 0 Å². The fourth-order valence-corrected chi connectivity index (χ4v) is 5.76. The molecule has 0 radical (unpaired) electrons. The Morgan fingerprint density at radius 3 is 1.66 bits per heavy atom. The average Bonchev–Trinajstić information content (AvgIpc) is 2.70. The Balaban J connectivity index is 0.000000181. The molecule has 4 rings (SSSR count). The van der Waals surface area contributed by atoms with Crippen LogP contribution in [0.4, 0.5) is 11.4 Å². The van der Waals surface area contributed by atoms with Crippen molar-refractivity contribution in [2.45, 2.75) is 66.2 Å². The minimum absolute atomic E-state index is 0.195. The molecule has 0 unspecified atom stereocenters. The number of halogens is 2. The van der Waals surface area contributed by atoms with E-state index in [-0.39, 0.29) is 5.91 Å². The highest BCUT2D eigenvalue weighted by molar-refractivity contribution is 7.80. The zero-order valence-electron chi connectivity index (χ0n) is 19.4. The van der Waals surface area contributed by atoms with Crippen LogP contribution in [-0.2, 0) is 4.79 Å². The highest BCUT2D eigenvalue weighted by Gasteiger charge is 2.23. The summed E-state index contributed by atoms with van der Waals surface area (Å²) >= 11 is 18.0. The summed E-state index contributed by atoms with van der Waals surface area (Å²) in [5, 5.41) is 1.51. The van der Waals surface area contributed by atoms with E-state index in [1.165, 1.54) is 24.0 Å². The molecule has 2 saturated heterocycles. The van der Waals surface area contributed by atoms with Gasteiger partial charge in [0, 0.05) is 19.5 Å². The number of benzene rings is 2. The third kappa shape index (κ3) is 5.84. The summed E-state index contributed by atoms with van der Waals surface area (Å²) in [5.74, 6) is 0.195. The van der Waals surface area contributed by atoms with Crippen molar-refractivity contribution in [2.75, 3.05) is 22.9 Å². The first-order valence-electron chi connectivity index (χ1n) is 11.3. The van der Waals surface area contributed by atoms with E-state index in [2.05, 4.69) is 30.9 Å². The highest BCUT2D eigenvalue weighted by atomic mass is 35.5. The summed E-state index contributed by atoms with van der Waals surface area (Å²) in [6.07, 6.45) is 6.12. The van der Waals surface area contributed by atoms with Crippen molar-refractivity contribution in [3.63, 3.8) is 0 Å². The van der Waals surface area contributed by atoms with E-state index in [0.29, 0.717) is 11.4 Å². The van der Waals surface area contributed by atoms with E-state index >= 15 is 0 Å². The smallest absolute Gasteiger partial charge is 0.227 e. The van der Waals surface area contributed by atoms with Gasteiger partial charge >= 0.3 is 0 Å². The standard InChI is InChI=1S/C13H16ClNO.C13H16ClNS/c2*1-9-7-10(2)13(11(14)8-9)15-6-4-3-5-12(15)16/h2*7-8H,3-6H2,1-2H3. The lowest BCUT2D eigenvalue weighted by atomic mass is 10.1. The first-order chi connectivity index (χ1) is 15.2. The first-order valence-corrected chi connectivity index (χ1v) is 12.5. The fourth-order valence-electron chi connectivity index (χ4n) is 4.58. The van der Waals surface area contributed by atoms with E-state index in [0.717, 1.165) is 64.9 Å². The van der Waals surface area contributed by atoms with Gasteiger partial charge in [0.15, 0.2) is 0 Å². The quantitative estimate of drug-likeness (QED) is 0.401. The zero-order valence-corrected chi connectivity index (χ0v) is 21.8. The molecule has 2 heterocycles. The summed E-state index contributed by atoms with van der Waals surface area (Å²) < 4.78 is 0. The van der Waals surface area contributed by atoms with Crippen LogP contribution < -0.4 is 9.80 Å². The monoisotopic (exact) mass is 490 g/mol. The molecule has 2 aromatic carbocycles. The van der Waals surface area contributed by atoms with Crippen LogP contribution in [0.3, 0.4) is 0 Å². The molecule has 2 aliphatic rings. The molecule has 0 spiro atoms. The lowest BCUT2D eigenvalue weighted by Crippen LogP contribution is -2.35. The van der Waals surface area contributed by atoms with Gasteiger partial charge in [0.25, 0.3) is 0 Å². The van der Waals surface area contributed by atoms with Crippen LogP contribution in [0.2, 0.25) is 10.0 Å². The summed E-state index contributed by atoms with van der Waals surface area (Å²) in [4.78, 5) is 16.9.